The van der Waals surface area contributed by atoms with Crippen molar-refractivity contribution in [3.05, 3.63) is 65.4 Å². The Morgan fingerprint density at radius 3 is 2.18 bits per heavy atom. The molecule has 2 aliphatic rings. The number of rotatable bonds is 9. The van der Waals surface area contributed by atoms with Gasteiger partial charge in [-0.25, -0.2) is 0 Å². The van der Waals surface area contributed by atoms with Crippen LogP contribution < -0.4 is 0 Å². The van der Waals surface area contributed by atoms with Crippen LogP contribution in [0.3, 0.4) is 0 Å². The fourth-order valence-electron chi connectivity index (χ4n) is 4.67. The Labute approximate surface area is 199 Å². The number of carboxylic acids is 1. The standard InChI is InChI=1S/C28H30N2O4/c1-18-24(13-14-25(31)30(2)17-19-3-4-19)26(34-29-18)22-7-5-20(6-8-22)21-9-11-23(12-10-21)28(15-16-28)27(32)33/h5-12,19H,3-4,13-17H2,1-2H3,(H,32,33). The number of aromatic nitrogens is 1. The van der Waals surface area contributed by atoms with Crippen LogP contribution in [0, 0.1) is 12.8 Å². The van der Waals surface area contributed by atoms with Gasteiger partial charge in [0.25, 0.3) is 0 Å². The van der Waals surface area contributed by atoms with Gasteiger partial charge in [0.15, 0.2) is 5.76 Å². The number of aliphatic carboxylic acids is 1. The van der Waals surface area contributed by atoms with Crippen LogP contribution in [-0.4, -0.2) is 40.6 Å². The molecule has 0 spiro atoms. The second-order valence-corrected chi connectivity index (χ2v) is 9.84. The van der Waals surface area contributed by atoms with E-state index >= 15 is 0 Å². The molecule has 2 aliphatic carbocycles. The number of nitrogens with zero attached hydrogens (tertiary/aromatic N) is 2. The van der Waals surface area contributed by atoms with Crippen LogP contribution in [0.2, 0.25) is 0 Å². The van der Waals surface area contributed by atoms with E-state index in [9.17, 15) is 14.7 Å². The maximum Gasteiger partial charge on any atom is 0.314 e. The highest BCUT2D eigenvalue weighted by Crippen LogP contribution is 2.48. The number of aryl methyl sites for hydroxylation is 1. The maximum absolute atomic E-state index is 12.5. The van der Waals surface area contributed by atoms with Crippen LogP contribution in [0.1, 0.15) is 48.9 Å². The molecule has 6 heteroatoms. The summed E-state index contributed by atoms with van der Waals surface area (Å²) in [5.41, 5.74) is 5.00. The molecule has 0 atom stereocenters. The monoisotopic (exact) mass is 458 g/mol. The number of carboxylic acid groups (broad SMARTS) is 1. The molecule has 0 saturated heterocycles. The fraction of sp³-hybridized carbons (Fsp3) is 0.393. The summed E-state index contributed by atoms with van der Waals surface area (Å²) in [6, 6.07) is 15.9. The average molecular weight is 459 g/mol. The first kappa shape index (κ1) is 22.4. The number of benzene rings is 2. The molecule has 0 unspecified atom stereocenters. The van der Waals surface area contributed by atoms with Crippen LogP contribution >= 0.6 is 0 Å². The first-order valence-corrected chi connectivity index (χ1v) is 12.0. The van der Waals surface area contributed by atoms with Crippen molar-refractivity contribution >= 4 is 11.9 Å². The number of hydrogen-bond acceptors (Lipinski definition) is 4. The third-order valence-electron chi connectivity index (χ3n) is 7.31. The number of carbonyl (C=O) groups excluding carboxylic acids is 1. The maximum atomic E-state index is 12.5. The van der Waals surface area contributed by atoms with E-state index in [0.29, 0.717) is 37.4 Å². The van der Waals surface area contributed by atoms with Gasteiger partial charge in [0, 0.05) is 31.1 Å². The molecular weight excluding hydrogens is 428 g/mol. The third kappa shape index (κ3) is 4.37. The first-order chi connectivity index (χ1) is 16.4. The second kappa shape index (κ2) is 8.75. The van der Waals surface area contributed by atoms with Crippen molar-refractivity contribution in [1.29, 1.82) is 0 Å². The summed E-state index contributed by atoms with van der Waals surface area (Å²) in [5.74, 6) is 0.824. The minimum atomic E-state index is -0.737. The zero-order chi connectivity index (χ0) is 23.9. The summed E-state index contributed by atoms with van der Waals surface area (Å²) in [6.07, 6.45) is 4.93. The molecule has 1 heterocycles. The van der Waals surface area contributed by atoms with Crippen LogP contribution in [0.5, 0.6) is 0 Å². The summed E-state index contributed by atoms with van der Waals surface area (Å²) in [7, 11) is 1.89. The van der Waals surface area contributed by atoms with Crippen molar-refractivity contribution in [3.8, 4) is 22.5 Å². The lowest BCUT2D eigenvalue weighted by molar-refractivity contribution is -0.140. The minimum absolute atomic E-state index is 0.160. The largest absolute Gasteiger partial charge is 0.481 e. The highest BCUT2D eigenvalue weighted by Gasteiger charge is 2.51. The molecule has 1 amide bonds. The lowest BCUT2D eigenvalue weighted by Gasteiger charge is -2.16. The smallest absolute Gasteiger partial charge is 0.314 e. The Kier molecular flexibility index (Phi) is 5.76. The highest BCUT2D eigenvalue weighted by atomic mass is 16.5. The highest BCUT2D eigenvalue weighted by molar-refractivity contribution is 5.85. The molecule has 0 bridgehead atoms. The Morgan fingerprint density at radius 1 is 1.03 bits per heavy atom. The van der Waals surface area contributed by atoms with Gasteiger partial charge in [-0.2, -0.15) is 0 Å². The molecule has 1 aromatic heterocycles. The second-order valence-electron chi connectivity index (χ2n) is 9.84. The van der Waals surface area contributed by atoms with Crippen molar-refractivity contribution in [2.75, 3.05) is 13.6 Å². The molecule has 6 nitrogen and oxygen atoms in total. The van der Waals surface area contributed by atoms with E-state index < -0.39 is 11.4 Å². The Bertz CT molecular complexity index is 1200. The summed E-state index contributed by atoms with van der Waals surface area (Å²) in [5, 5.41) is 13.7. The van der Waals surface area contributed by atoms with Gasteiger partial charge in [-0.1, -0.05) is 53.7 Å². The molecule has 2 saturated carbocycles. The summed E-state index contributed by atoms with van der Waals surface area (Å²) in [6.45, 7) is 2.77. The SMILES string of the molecule is Cc1noc(-c2ccc(-c3ccc(C4(C(=O)O)CC4)cc3)cc2)c1CCC(=O)N(C)CC1CC1. The molecule has 0 aliphatic heterocycles. The van der Waals surface area contributed by atoms with Crippen LogP contribution in [0.15, 0.2) is 53.1 Å². The molecule has 5 rings (SSSR count). The van der Waals surface area contributed by atoms with Crippen molar-refractivity contribution in [2.45, 2.75) is 50.9 Å². The molecule has 2 aromatic carbocycles. The number of hydrogen-bond donors (Lipinski definition) is 1. The Hall–Kier alpha value is -3.41. The van der Waals surface area contributed by atoms with Crippen molar-refractivity contribution in [2.24, 2.45) is 5.92 Å². The van der Waals surface area contributed by atoms with Gasteiger partial charge in [-0.05, 0) is 61.6 Å². The normalized spacial score (nSPS) is 16.3. The zero-order valence-corrected chi connectivity index (χ0v) is 19.7. The van der Waals surface area contributed by atoms with Crippen LogP contribution in [0.4, 0.5) is 0 Å². The molecule has 176 valence electrons. The lowest BCUT2D eigenvalue weighted by Crippen LogP contribution is -2.28. The fourth-order valence-corrected chi connectivity index (χ4v) is 4.67. The predicted octanol–water partition coefficient (Wildman–Crippen LogP) is 5.23. The van der Waals surface area contributed by atoms with E-state index in [4.69, 9.17) is 4.52 Å². The molecular formula is C28H30N2O4. The number of carbonyl (C=O) groups is 2. The van der Waals surface area contributed by atoms with Gasteiger partial charge in [-0.3, -0.25) is 9.59 Å². The van der Waals surface area contributed by atoms with Crippen molar-refractivity contribution in [3.63, 3.8) is 0 Å². The van der Waals surface area contributed by atoms with Gasteiger partial charge in [0.2, 0.25) is 5.91 Å². The van der Waals surface area contributed by atoms with Crippen LogP contribution in [-0.2, 0) is 21.4 Å². The lowest BCUT2D eigenvalue weighted by atomic mass is 9.93. The van der Waals surface area contributed by atoms with E-state index in [-0.39, 0.29) is 5.91 Å². The average Bonchev–Trinajstić information content (AvgIpc) is 3.77. The predicted molar refractivity (Wildman–Crippen MR) is 129 cm³/mol. The topological polar surface area (TPSA) is 83.6 Å². The summed E-state index contributed by atoms with van der Waals surface area (Å²) >= 11 is 0. The summed E-state index contributed by atoms with van der Waals surface area (Å²) in [4.78, 5) is 25.9. The zero-order valence-electron chi connectivity index (χ0n) is 19.7. The quantitative estimate of drug-likeness (QED) is 0.474. The van der Waals surface area contributed by atoms with E-state index in [1.54, 1.807) is 0 Å². The third-order valence-corrected chi connectivity index (χ3v) is 7.31. The molecule has 2 fully saturated rings. The van der Waals surface area contributed by atoms with E-state index in [1.165, 1.54) is 12.8 Å². The van der Waals surface area contributed by atoms with Gasteiger partial charge in [0.05, 0.1) is 11.1 Å². The minimum Gasteiger partial charge on any atom is -0.481 e. The summed E-state index contributed by atoms with van der Waals surface area (Å²) < 4.78 is 5.65. The van der Waals surface area contributed by atoms with Crippen molar-refractivity contribution < 1.29 is 19.2 Å². The van der Waals surface area contributed by atoms with Crippen LogP contribution in [0.25, 0.3) is 22.5 Å². The molecule has 3 aromatic rings. The van der Waals surface area contributed by atoms with E-state index in [1.807, 2.05) is 67.4 Å². The van der Waals surface area contributed by atoms with Crippen molar-refractivity contribution in [1.82, 2.24) is 10.1 Å². The van der Waals surface area contributed by atoms with Gasteiger partial charge in [-0.15, -0.1) is 0 Å². The number of amides is 1. The van der Waals surface area contributed by atoms with Gasteiger partial charge in [0.1, 0.15) is 0 Å². The Morgan fingerprint density at radius 2 is 1.62 bits per heavy atom. The molecule has 0 radical (unpaired) electrons. The molecule has 34 heavy (non-hydrogen) atoms. The first-order valence-electron chi connectivity index (χ1n) is 12.0. The van der Waals surface area contributed by atoms with Gasteiger partial charge >= 0.3 is 5.97 Å². The van der Waals surface area contributed by atoms with Gasteiger partial charge < -0.3 is 14.5 Å². The van der Waals surface area contributed by atoms with E-state index in [0.717, 1.165) is 40.1 Å². The Balaban J connectivity index is 1.28. The molecule has 1 N–H and O–H groups in total. The van der Waals surface area contributed by atoms with E-state index in [2.05, 4.69) is 5.16 Å².